The van der Waals surface area contributed by atoms with E-state index in [1.807, 2.05) is 13.8 Å². The summed E-state index contributed by atoms with van der Waals surface area (Å²) < 4.78 is 0. The van der Waals surface area contributed by atoms with Gasteiger partial charge in [0.1, 0.15) is 0 Å². The van der Waals surface area contributed by atoms with Crippen molar-refractivity contribution in [2.24, 2.45) is 10.3 Å². The first-order chi connectivity index (χ1) is 9.26. The van der Waals surface area contributed by atoms with Crippen LogP contribution in [0, 0.1) is 0 Å². The Kier molecular flexibility index (Phi) is 20.6. The summed E-state index contributed by atoms with van der Waals surface area (Å²) in [4.78, 5) is 19.2. The zero-order valence-corrected chi connectivity index (χ0v) is 12.6. The molecule has 0 fully saturated rings. The van der Waals surface area contributed by atoms with Gasteiger partial charge in [-0.05, 0) is 12.8 Å². The molecule has 0 aromatic heterocycles. The van der Waals surface area contributed by atoms with Crippen molar-refractivity contribution in [1.82, 2.24) is 0 Å². The molecule has 0 aliphatic carbocycles. The van der Waals surface area contributed by atoms with Gasteiger partial charge >= 0.3 is 11.9 Å². The lowest BCUT2D eigenvalue weighted by Crippen LogP contribution is -1.97. The van der Waals surface area contributed by atoms with Crippen LogP contribution in [0.4, 0.5) is 0 Å². The number of rotatable bonds is 5. The number of oxime groups is 2. The van der Waals surface area contributed by atoms with Gasteiger partial charge in [0.15, 0.2) is 0 Å². The van der Waals surface area contributed by atoms with E-state index < -0.39 is 22.3 Å². The summed E-state index contributed by atoms with van der Waals surface area (Å²) in [6.07, 6.45) is 2.05. The molecular weight excluding hydrogens is 315 g/mol. The summed E-state index contributed by atoms with van der Waals surface area (Å²) in [7, 11) is 0. The highest BCUT2D eigenvalue weighted by Gasteiger charge is 2.00. The Morgan fingerprint density at radius 3 is 1.15 bits per heavy atom. The number of carboxylic acids is 2. The Balaban J connectivity index is -0.000000221. The predicted molar refractivity (Wildman–Crippen MR) is 75.2 cm³/mol. The lowest BCUT2D eigenvalue weighted by atomic mass is 10.4. The quantitative estimate of drug-likeness (QED) is 0.346. The second-order valence-electron chi connectivity index (χ2n) is 3.07. The normalized spacial score (nSPS) is 10.6. The van der Waals surface area contributed by atoms with Crippen molar-refractivity contribution in [2.75, 3.05) is 0 Å². The molecule has 0 aliphatic rings. The van der Waals surface area contributed by atoms with Gasteiger partial charge < -0.3 is 20.6 Å². The molecule has 0 atom stereocenters. The Hall–Kier alpha value is -1.54. The first kappa shape index (κ1) is 23.5. The minimum atomic E-state index is -0.711. The van der Waals surface area contributed by atoms with Gasteiger partial charge in [0, 0.05) is 12.8 Å². The van der Waals surface area contributed by atoms with Crippen molar-refractivity contribution in [3.05, 3.63) is 0 Å². The lowest BCUT2D eigenvalue weighted by molar-refractivity contribution is -0.138. The third-order valence-electron chi connectivity index (χ3n) is 1.27. The zero-order chi connectivity index (χ0) is 16.6. The molecule has 0 spiro atoms. The summed E-state index contributed by atoms with van der Waals surface area (Å²) in [6.45, 7) is 3.68. The van der Waals surface area contributed by atoms with Crippen LogP contribution in [-0.4, -0.2) is 42.9 Å². The Bertz CT molecular complexity index is 302. The molecule has 118 valence electrons. The van der Waals surface area contributed by atoms with E-state index in [4.69, 9.17) is 43.8 Å². The summed E-state index contributed by atoms with van der Waals surface area (Å²) in [5.74, 6) is -1.42. The number of halogens is 2. The number of nitrogens with zero attached hydrogens (tertiary/aromatic N) is 2. The average molecular weight is 333 g/mol. The maximum absolute atomic E-state index is 9.60. The Morgan fingerprint density at radius 1 is 0.850 bits per heavy atom. The minimum Gasteiger partial charge on any atom is -0.481 e. The maximum atomic E-state index is 9.60. The monoisotopic (exact) mass is 332 g/mol. The van der Waals surface area contributed by atoms with Crippen LogP contribution in [0.25, 0.3) is 0 Å². The predicted octanol–water partition coefficient (Wildman–Crippen LogP) is 2.78. The SMILES string of the molecule is CCCC(=O)O.CCCC(=O)O.O/N=C(Cl)\C(Cl)=N/O. The second-order valence-corrected chi connectivity index (χ2v) is 3.79. The van der Waals surface area contributed by atoms with E-state index in [1.54, 1.807) is 0 Å². The average Bonchev–Trinajstić information content (AvgIpc) is 2.38. The van der Waals surface area contributed by atoms with E-state index in [2.05, 4.69) is 10.3 Å². The van der Waals surface area contributed by atoms with Crippen LogP contribution in [-0.2, 0) is 9.59 Å². The molecule has 0 bridgehead atoms. The summed E-state index contributed by atoms with van der Waals surface area (Å²) in [5, 5.41) is 35.4. The first-order valence-electron chi connectivity index (χ1n) is 5.45. The minimum absolute atomic E-state index is 0.292. The van der Waals surface area contributed by atoms with Gasteiger partial charge in [-0.2, -0.15) is 0 Å². The van der Waals surface area contributed by atoms with E-state index >= 15 is 0 Å². The highest BCUT2D eigenvalue weighted by molar-refractivity contribution is 7.00. The summed E-state index contributed by atoms with van der Waals surface area (Å²) >= 11 is 9.99. The van der Waals surface area contributed by atoms with E-state index in [0.717, 1.165) is 12.8 Å². The molecular formula is C10H18Cl2N2O6. The molecule has 0 radical (unpaired) electrons. The fraction of sp³-hybridized carbons (Fsp3) is 0.600. The molecule has 0 aromatic carbocycles. The van der Waals surface area contributed by atoms with Gasteiger partial charge in [-0.1, -0.05) is 47.4 Å². The highest BCUT2D eigenvalue weighted by Crippen LogP contribution is 1.93. The van der Waals surface area contributed by atoms with Gasteiger partial charge in [-0.15, -0.1) is 0 Å². The van der Waals surface area contributed by atoms with Crippen LogP contribution >= 0.6 is 23.2 Å². The third kappa shape index (κ3) is 25.3. The smallest absolute Gasteiger partial charge is 0.303 e. The molecule has 0 aliphatic heterocycles. The van der Waals surface area contributed by atoms with Crippen molar-refractivity contribution in [1.29, 1.82) is 0 Å². The fourth-order valence-electron chi connectivity index (χ4n) is 0.510. The molecule has 4 N–H and O–H groups in total. The molecule has 0 aromatic rings. The van der Waals surface area contributed by atoms with Gasteiger partial charge in [-0.25, -0.2) is 0 Å². The van der Waals surface area contributed by atoms with Crippen LogP contribution in [0.1, 0.15) is 39.5 Å². The number of carbonyl (C=O) groups is 2. The van der Waals surface area contributed by atoms with Crippen LogP contribution in [0.5, 0.6) is 0 Å². The van der Waals surface area contributed by atoms with E-state index in [9.17, 15) is 9.59 Å². The van der Waals surface area contributed by atoms with Gasteiger partial charge in [0.25, 0.3) is 0 Å². The van der Waals surface area contributed by atoms with Crippen LogP contribution in [0.15, 0.2) is 10.3 Å². The summed E-state index contributed by atoms with van der Waals surface area (Å²) in [5.41, 5.74) is 0. The molecule has 0 amide bonds. The number of carboxylic acid groups (broad SMARTS) is 2. The Labute approximate surface area is 126 Å². The topological polar surface area (TPSA) is 140 Å². The maximum Gasteiger partial charge on any atom is 0.303 e. The number of hydrogen-bond acceptors (Lipinski definition) is 6. The molecule has 0 unspecified atom stereocenters. The van der Waals surface area contributed by atoms with Gasteiger partial charge in [-0.3, -0.25) is 9.59 Å². The third-order valence-corrected chi connectivity index (χ3v) is 1.88. The number of aliphatic carboxylic acids is 2. The van der Waals surface area contributed by atoms with Crippen LogP contribution < -0.4 is 0 Å². The molecule has 0 rings (SSSR count). The Morgan fingerprint density at radius 2 is 1.10 bits per heavy atom. The molecule has 0 saturated heterocycles. The second kappa shape index (κ2) is 17.5. The van der Waals surface area contributed by atoms with Crippen molar-refractivity contribution < 1.29 is 30.2 Å². The molecule has 20 heavy (non-hydrogen) atoms. The fourth-order valence-corrected chi connectivity index (χ4v) is 0.586. The molecule has 0 saturated carbocycles. The van der Waals surface area contributed by atoms with Crippen molar-refractivity contribution in [2.45, 2.75) is 39.5 Å². The highest BCUT2D eigenvalue weighted by atomic mass is 35.5. The van der Waals surface area contributed by atoms with E-state index in [-0.39, 0.29) is 0 Å². The summed E-state index contributed by atoms with van der Waals surface area (Å²) in [6, 6.07) is 0. The largest absolute Gasteiger partial charge is 0.481 e. The lowest BCUT2D eigenvalue weighted by Gasteiger charge is -1.83. The standard InChI is InChI=1S/2C4H8O2.C2H2Cl2N2O2/c2*1-2-3-4(5)6;3-1(5-7)2(4)6-8/h2*2-3H2,1H3,(H,5,6);7-8H/b;;5-1+,6-2+. The van der Waals surface area contributed by atoms with E-state index in [0.29, 0.717) is 12.8 Å². The zero-order valence-electron chi connectivity index (χ0n) is 11.1. The molecule has 0 heterocycles. The van der Waals surface area contributed by atoms with E-state index in [1.165, 1.54) is 0 Å². The first-order valence-corrected chi connectivity index (χ1v) is 6.21. The molecule has 8 nitrogen and oxygen atoms in total. The van der Waals surface area contributed by atoms with Crippen molar-refractivity contribution >= 4 is 45.5 Å². The van der Waals surface area contributed by atoms with Gasteiger partial charge in [0.05, 0.1) is 0 Å². The van der Waals surface area contributed by atoms with Crippen molar-refractivity contribution in [3.8, 4) is 0 Å². The number of hydrogen-bond donors (Lipinski definition) is 4. The van der Waals surface area contributed by atoms with Crippen LogP contribution in [0.3, 0.4) is 0 Å². The van der Waals surface area contributed by atoms with Crippen LogP contribution in [0.2, 0.25) is 0 Å². The molecule has 10 heteroatoms. The van der Waals surface area contributed by atoms with Crippen molar-refractivity contribution in [3.63, 3.8) is 0 Å². The van der Waals surface area contributed by atoms with Gasteiger partial charge in [0.2, 0.25) is 10.3 Å².